The van der Waals surface area contributed by atoms with E-state index in [0.717, 1.165) is 28.0 Å². The highest BCUT2D eigenvalue weighted by atomic mass is 35.5. The minimum Gasteiger partial charge on any atom is -0.325 e. The molecule has 0 radical (unpaired) electrons. The number of amides is 3. The number of nitrogens with one attached hydrogen (secondary N) is 1. The van der Waals surface area contributed by atoms with Crippen LogP contribution in [0.4, 0.5) is 11.4 Å². The van der Waals surface area contributed by atoms with Gasteiger partial charge in [0, 0.05) is 33.9 Å². The van der Waals surface area contributed by atoms with Gasteiger partial charge in [-0.15, -0.1) is 0 Å². The van der Waals surface area contributed by atoms with E-state index in [0.29, 0.717) is 31.9 Å². The van der Waals surface area contributed by atoms with E-state index in [4.69, 9.17) is 16.7 Å². The summed E-state index contributed by atoms with van der Waals surface area (Å²) in [5.41, 5.74) is 1.37. The number of thiazole rings is 1. The third-order valence-corrected chi connectivity index (χ3v) is 10.7. The van der Waals surface area contributed by atoms with Gasteiger partial charge in [0.1, 0.15) is 11.8 Å². The molecule has 6 rings (SSSR count). The number of anilines is 2. The number of rotatable bonds is 6. The summed E-state index contributed by atoms with van der Waals surface area (Å²) < 4.78 is 24.3. The van der Waals surface area contributed by atoms with E-state index in [9.17, 15) is 27.6 Å². The van der Waals surface area contributed by atoms with Crippen molar-refractivity contribution in [2.75, 3.05) is 10.2 Å². The molecule has 2 aromatic heterocycles. The van der Waals surface area contributed by atoms with Gasteiger partial charge in [0.05, 0.1) is 21.5 Å². The highest BCUT2D eigenvalue weighted by molar-refractivity contribution is 8.00. The summed E-state index contributed by atoms with van der Waals surface area (Å²) in [6, 6.07) is 15.2. The maximum Gasteiger partial charge on any atom is 0.308 e. The minimum absolute atomic E-state index is 0.112. The first kappa shape index (κ1) is 28.3. The van der Waals surface area contributed by atoms with E-state index < -0.39 is 49.7 Å². The summed E-state index contributed by atoms with van der Waals surface area (Å²) in [7, 11) is -3.90. The molecular weight excluding hydrogens is 622 g/mol. The molecule has 0 aliphatic carbocycles. The van der Waals surface area contributed by atoms with Crippen LogP contribution in [0.15, 0.2) is 87.8 Å². The highest BCUT2D eigenvalue weighted by Gasteiger charge is 2.56. The molecule has 2 aliphatic rings. The molecule has 2 aliphatic heterocycles. The molecule has 2 aromatic carbocycles. The zero-order valence-corrected chi connectivity index (χ0v) is 24.5. The highest BCUT2D eigenvalue weighted by Crippen LogP contribution is 2.53. The standard InChI is InChI=1S/C27H20ClN5O6S3/c28-15-3-7-17(8-4-15)33-24(35)21-20(14-2-1-11-30-12-14)23-26(40-22(21)25(33)36)32(27(37)41-23)13-19(34)31-16-5-9-18(10-6-16)42(29,38)39/h1-12,20-22H,13H2,(H,31,34)(H2,29,38,39)/t20-,21-,22+/m0/s1. The maximum atomic E-state index is 13.8. The molecule has 3 N–H and O–H groups in total. The summed E-state index contributed by atoms with van der Waals surface area (Å²) in [6.45, 7) is -0.366. The van der Waals surface area contributed by atoms with Crippen LogP contribution in [0, 0.1) is 5.92 Å². The van der Waals surface area contributed by atoms with Crippen LogP contribution in [0.5, 0.6) is 0 Å². The first-order valence-corrected chi connectivity index (χ1v) is 16.0. The van der Waals surface area contributed by atoms with Crippen molar-refractivity contribution in [1.82, 2.24) is 9.55 Å². The van der Waals surface area contributed by atoms with Crippen molar-refractivity contribution in [3.63, 3.8) is 0 Å². The molecule has 0 saturated carbocycles. The molecule has 1 saturated heterocycles. The number of hydrogen-bond donors (Lipinski definition) is 2. The fourth-order valence-corrected chi connectivity index (χ4v) is 8.51. The number of fused-ring (bicyclic) bond motifs is 2. The summed E-state index contributed by atoms with van der Waals surface area (Å²) >= 11 is 8.04. The Morgan fingerprint density at radius 1 is 1.02 bits per heavy atom. The maximum absolute atomic E-state index is 13.8. The average molecular weight is 642 g/mol. The molecule has 3 amide bonds. The first-order valence-electron chi connectivity index (χ1n) is 12.4. The number of pyridine rings is 1. The molecular formula is C27H20ClN5O6S3. The van der Waals surface area contributed by atoms with E-state index in [1.54, 1.807) is 48.8 Å². The first-order chi connectivity index (χ1) is 20.0. The number of sulfonamides is 1. The van der Waals surface area contributed by atoms with Gasteiger partial charge in [-0.05, 0) is 60.2 Å². The second-order valence-corrected chi connectivity index (χ2v) is 13.7. The second-order valence-electron chi connectivity index (χ2n) is 9.56. The van der Waals surface area contributed by atoms with Gasteiger partial charge in [0.15, 0.2) is 0 Å². The Morgan fingerprint density at radius 3 is 2.38 bits per heavy atom. The van der Waals surface area contributed by atoms with Crippen molar-refractivity contribution >= 4 is 73.8 Å². The molecule has 214 valence electrons. The molecule has 0 spiro atoms. The third kappa shape index (κ3) is 5.05. The van der Waals surface area contributed by atoms with Crippen molar-refractivity contribution in [3.8, 4) is 0 Å². The van der Waals surface area contributed by atoms with Gasteiger partial charge in [-0.25, -0.2) is 18.5 Å². The van der Waals surface area contributed by atoms with Crippen molar-refractivity contribution in [2.45, 2.75) is 27.6 Å². The van der Waals surface area contributed by atoms with Crippen LogP contribution >= 0.6 is 34.7 Å². The van der Waals surface area contributed by atoms with Crippen molar-refractivity contribution in [2.24, 2.45) is 11.1 Å². The quantitative estimate of drug-likeness (QED) is 0.304. The Kier molecular flexibility index (Phi) is 7.27. The van der Waals surface area contributed by atoms with E-state index in [-0.39, 0.29) is 11.4 Å². The molecule has 1 fully saturated rings. The number of imide groups is 1. The summed E-state index contributed by atoms with van der Waals surface area (Å²) in [6.07, 6.45) is 3.20. The van der Waals surface area contributed by atoms with Gasteiger partial charge in [0.25, 0.3) is 0 Å². The largest absolute Gasteiger partial charge is 0.325 e. The monoisotopic (exact) mass is 641 g/mol. The molecule has 4 aromatic rings. The lowest BCUT2D eigenvalue weighted by atomic mass is 9.84. The number of benzene rings is 2. The van der Waals surface area contributed by atoms with Crippen LogP contribution < -0.4 is 20.2 Å². The van der Waals surface area contributed by atoms with Crippen molar-refractivity contribution in [3.05, 3.63) is 98.2 Å². The molecule has 4 heterocycles. The van der Waals surface area contributed by atoms with Crippen LogP contribution in [-0.4, -0.2) is 40.9 Å². The number of carbonyl (C=O) groups excluding carboxylic acids is 3. The molecule has 3 atom stereocenters. The third-order valence-electron chi connectivity index (χ3n) is 6.95. The van der Waals surface area contributed by atoms with Gasteiger partial charge in [-0.3, -0.25) is 28.7 Å². The predicted octanol–water partition coefficient (Wildman–Crippen LogP) is 3.04. The van der Waals surface area contributed by atoms with Gasteiger partial charge < -0.3 is 5.32 Å². The lowest BCUT2D eigenvalue weighted by Gasteiger charge is -2.30. The van der Waals surface area contributed by atoms with Crippen LogP contribution in [0.25, 0.3) is 0 Å². The Morgan fingerprint density at radius 2 is 1.74 bits per heavy atom. The normalized spacial score (nSPS) is 19.9. The predicted molar refractivity (Wildman–Crippen MR) is 158 cm³/mol. The number of nitrogens with two attached hydrogens (primary N) is 1. The van der Waals surface area contributed by atoms with Crippen LogP contribution in [0.3, 0.4) is 0 Å². The van der Waals surface area contributed by atoms with E-state index in [1.165, 1.54) is 28.8 Å². The van der Waals surface area contributed by atoms with Crippen molar-refractivity contribution in [1.29, 1.82) is 0 Å². The molecule has 15 heteroatoms. The fourth-order valence-electron chi connectivity index (χ4n) is 5.09. The molecule has 0 unspecified atom stereocenters. The second kappa shape index (κ2) is 10.8. The minimum atomic E-state index is -3.90. The van der Waals surface area contributed by atoms with E-state index in [2.05, 4.69) is 10.3 Å². The van der Waals surface area contributed by atoms with Crippen LogP contribution in [-0.2, 0) is 31.0 Å². The average Bonchev–Trinajstić information content (AvgIpc) is 3.40. The fraction of sp³-hybridized carbons (Fsp3) is 0.148. The Labute approximate surface area is 252 Å². The number of halogens is 1. The lowest BCUT2D eigenvalue weighted by molar-refractivity contribution is -0.122. The zero-order valence-electron chi connectivity index (χ0n) is 21.3. The van der Waals surface area contributed by atoms with Gasteiger partial charge in [-0.1, -0.05) is 40.8 Å². The Balaban J connectivity index is 1.35. The summed E-state index contributed by atoms with van der Waals surface area (Å²) in [4.78, 5) is 59.2. The van der Waals surface area contributed by atoms with E-state index >= 15 is 0 Å². The number of thioether (sulfide) groups is 1. The van der Waals surface area contributed by atoms with E-state index in [1.807, 2.05) is 0 Å². The number of hydrogen-bond acceptors (Lipinski definition) is 9. The SMILES string of the molecule is NS(=O)(=O)c1ccc(NC(=O)Cn2c3c(sc2=O)[C@@H](c2cccnc2)[C@@H]2C(=O)N(c4ccc(Cl)cc4)C(=O)[C@@H]2S3)cc1. The number of carbonyl (C=O) groups is 3. The Hall–Kier alpha value is -3.82. The van der Waals surface area contributed by atoms with Crippen LogP contribution in [0.1, 0.15) is 16.4 Å². The Bertz CT molecular complexity index is 1890. The zero-order chi connectivity index (χ0) is 29.8. The van der Waals surface area contributed by atoms with Gasteiger partial charge in [0.2, 0.25) is 27.7 Å². The van der Waals surface area contributed by atoms with Crippen LogP contribution in [0.2, 0.25) is 5.02 Å². The number of aromatic nitrogens is 2. The number of primary sulfonamides is 1. The molecule has 0 bridgehead atoms. The smallest absolute Gasteiger partial charge is 0.308 e. The molecule has 42 heavy (non-hydrogen) atoms. The number of nitrogens with zero attached hydrogens (tertiary/aromatic N) is 3. The summed E-state index contributed by atoms with van der Waals surface area (Å²) in [5, 5.41) is 7.81. The topological polar surface area (TPSA) is 162 Å². The lowest BCUT2D eigenvalue weighted by Crippen LogP contribution is -2.33. The van der Waals surface area contributed by atoms with Gasteiger partial charge in [-0.2, -0.15) is 0 Å². The summed E-state index contributed by atoms with van der Waals surface area (Å²) in [5.74, 6) is -2.80. The van der Waals surface area contributed by atoms with Gasteiger partial charge >= 0.3 is 4.87 Å². The van der Waals surface area contributed by atoms with Crippen molar-refractivity contribution < 1.29 is 22.8 Å². The molecule has 11 nitrogen and oxygen atoms in total.